The average molecular weight is 261 g/mol. The first kappa shape index (κ1) is 14.0. The summed E-state index contributed by atoms with van der Waals surface area (Å²) in [4.78, 5) is 13.4. The second-order valence-corrected chi connectivity index (χ2v) is 5.13. The maximum absolute atomic E-state index is 11.5. The van der Waals surface area contributed by atoms with Gasteiger partial charge in [-0.05, 0) is 36.9 Å². The van der Waals surface area contributed by atoms with Crippen molar-refractivity contribution in [1.29, 1.82) is 0 Å². The van der Waals surface area contributed by atoms with Gasteiger partial charge < -0.3 is 16.0 Å². The summed E-state index contributed by atoms with van der Waals surface area (Å²) in [6, 6.07) is 8.75. The standard InChI is InChI=1S/C15H23N3O/c1-17-11-12-3-2-4-14(9-12)13-5-7-18(8-6-13)15(19)10-16/h2-4,9,13,17H,5-8,10-11,16H2,1H3. The maximum Gasteiger partial charge on any atom is 0.236 e. The van der Waals surface area contributed by atoms with E-state index in [4.69, 9.17) is 5.73 Å². The Labute approximate surface area is 115 Å². The molecule has 1 aliphatic rings. The lowest BCUT2D eigenvalue weighted by atomic mass is 9.88. The normalized spacial score (nSPS) is 16.6. The summed E-state index contributed by atoms with van der Waals surface area (Å²) in [5.74, 6) is 0.640. The summed E-state index contributed by atoms with van der Waals surface area (Å²) < 4.78 is 0. The predicted octanol–water partition coefficient (Wildman–Crippen LogP) is 1.07. The van der Waals surface area contributed by atoms with Gasteiger partial charge in [-0.1, -0.05) is 24.3 Å². The third kappa shape index (κ3) is 3.55. The number of hydrogen-bond acceptors (Lipinski definition) is 3. The molecule has 0 saturated carbocycles. The number of likely N-dealkylation sites (tertiary alicyclic amines) is 1. The first-order valence-electron chi connectivity index (χ1n) is 6.96. The monoisotopic (exact) mass is 261 g/mol. The minimum absolute atomic E-state index is 0.0717. The fourth-order valence-electron chi connectivity index (χ4n) is 2.75. The van der Waals surface area contributed by atoms with Crippen LogP contribution in [0.4, 0.5) is 0 Å². The molecular formula is C15H23N3O. The molecule has 19 heavy (non-hydrogen) atoms. The highest BCUT2D eigenvalue weighted by atomic mass is 16.2. The minimum atomic E-state index is 0.0717. The third-order valence-electron chi connectivity index (χ3n) is 3.83. The molecule has 2 rings (SSSR count). The van der Waals surface area contributed by atoms with Gasteiger partial charge in [0.05, 0.1) is 6.54 Å². The van der Waals surface area contributed by atoms with E-state index in [0.717, 1.165) is 32.5 Å². The van der Waals surface area contributed by atoms with E-state index in [9.17, 15) is 4.79 Å². The van der Waals surface area contributed by atoms with Gasteiger partial charge in [0.15, 0.2) is 0 Å². The van der Waals surface area contributed by atoms with Gasteiger partial charge in [-0.25, -0.2) is 0 Å². The van der Waals surface area contributed by atoms with Crippen LogP contribution in [0.3, 0.4) is 0 Å². The van der Waals surface area contributed by atoms with E-state index in [2.05, 4.69) is 29.6 Å². The zero-order valence-corrected chi connectivity index (χ0v) is 11.6. The van der Waals surface area contributed by atoms with Crippen molar-refractivity contribution < 1.29 is 4.79 Å². The largest absolute Gasteiger partial charge is 0.342 e. The SMILES string of the molecule is CNCc1cccc(C2CCN(C(=O)CN)CC2)c1. The van der Waals surface area contributed by atoms with Crippen LogP contribution in [0.5, 0.6) is 0 Å². The fraction of sp³-hybridized carbons (Fsp3) is 0.533. The van der Waals surface area contributed by atoms with Gasteiger partial charge in [-0.2, -0.15) is 0 Å². The van der Waals surface area contributed by atoms with Gasteiger partial charge in [-0.15, -0.1) is 0 Å². The average Bonchev–Trinajstić information content (AvgIpc) is 2.47. The number of rotatable bonds is 4. The van der Waals surface area contributed by atoms with E-state index in [1.807, 2.05) is 11.9 Å². The lowest BCUT2D eigenvalue weighted by molar-refractivity contribution is -0.130. The quantitative estimate of drug-likeness (QED) is 0.852. The Bertz CT molecular complexity index is 425. The summed E-state index contributed by atoms with van der Waals surface area (Å²) in [5.41, 5.74) is 8.12. The van der Waals surface area contributed by atoms with E-state index in [-0.39, 0.29) is 12.5 Å². The number of hydrogen-bond donors (Lipinski definition) is 2. The van der Waals surface area contributed by atoms with Crippen molar-refractivity contribution in [3.05, 3.63) is 35.4 Å². The summed E-state index contributed by atoms with van der Waals surface area (Å²) in [6.07, 6.45) is 2.07. The molecule has 1 amide bonds. The van der Waals surface area contributed by atoms with Crippen LogP contribution in [0.15, 0.2) is 24.3 Å². The van der Waals surface area contributed by atoms with Crippen LogP contribution in [-0.4, -0.2) is 37.5 Å². The van der Waals surface area contributed by atoms with Crippen molar-refractivity contribution in [2.45, 2.75) is 25.3 Å². The molecule has 1 saturated heterocycles. The molecule has 1 aliphatic heterocycles. The van der Waals surface area contributed by atoms with Crippen LogP contribution in [0.25, 0.3) is 0 Å². The molecule has 0 spiro atoms. The summed E-state index contributed by atoms with van der Waals surface area (Å²) in [7, 11) is 1.96. The number of nitrogens with one attached hydrogen (secondary N) is 1. The molecule has 104 valence electrons. The number of carbonyl (C=O) groups excluding carboxylic acids is 1. The van der Waals surface area contributed by atoms with Crippen molar-refractivity contribution >= 4 is 5.91 Å². The van der Waals surface area contributed by atoms with Gasteiger partial charge in [0.2, 0.25) is 5.91 Å². The predicted molar refractivity (Wildman–Crippen MR) is 76.8 cm³/mol. The summed E-state index contributed by atoms with van der Waals surface area (Å²) in [6.45, 7) is 2.69. The van der Waals surface area contributed by atoms with Gasteiger partial charge >= 0.3 is 0 Å². The first-order chi connectivity index (χ1) is 9.24. The number of benzene rings is 1. The highest BCUT2D eigenvalue weighted by Gasteiger charge is 2.22. The Hall–Kier alpha value is -1.39. The van der Waals surface area contributed by atoms with Gasteiger partial charge in [0, 0.05) is 19.6 Å². The van der Waals surface area contributed by atoms with Crippen LogP contribution in [0, 0.1) is 0 Å². The zero-order chi connectivity index (χ0) is 13.7. The first-order valence-corrected chi connectivity index (χ1v) is 6.96. The van der Waals surface area contributed by atoms with E-state index in [0.29, 0.717) is 5.92 Å². The summed E-state index contributed by atoms with van der Waals surface area (Å²) in [5, 5.41) is 3.18. The van der Waals surface area contributed by atoms with Crippen molar-refractivity contribution in [2.24, 2.45) is 5.73 Å². The Morgan fingerprint density at radius 1 is 1.42 bits per heavy atom. The lowest BCUT2D eigenvalue weighted by Crippen LogP contribution is -2.41. The fourth-order valence-corrected chi connectivity index (χ4v) is 2.75. The van der Waals surface area contributed by atoms with Gasteiger partial charge in [0.1, 0.15) is 0 Å². The second-order valence-electron chi connectivity index (χ2n) is 5.13. The van der Waals surface area contributed by atoms with E-state index in [1.54, 1.807) is 0 Å². The number of piperidine rings is 1. The number of nitrogens with zero attached hydrogens (tertiary/aromatic N) is 1. The van der Waals surface area contributed by atoms with Crippen LogP contribution in [0.2, 0.25) is 0 Å². The zero-order valence-electron chi connectivity index (χ0n) is 11.6. The molecule has 1 fully saturated rings. The highest BCUT2D eigenvalue weighted by molar-refractivity contribution is 5.78. The molecular weight excluding hydrogens is 238 g/mol. The Morgan fingerprint density at radius 2 is 2.16 bits per heavy atom. The Kier molecular flexibility index (Phi) is 4.93. The Morgan fingerprint density at radius 3 is 2.79 bits per heavy atom. The smallest absolute Gasteiger partial charge is 0.236 e. The Balaban J connectivity index is 1.97. The van der Waals surface area contributed by atoms with Crippen molar-refractivity contribution in [2.75, 3.05) is 26.7 Å². The molecule has 1 heterocycles. The van der Waals surface area contributed by atoms with Crippen LogP contribution in [-0.2, 0) is 11.3 Å². The lowest BCUT2D eigenvalue weighted by Gasteiger charge is -2.32. The van der Waals surface area contributed by atoms with Crippen LogP contribution in [0.1, 0.15) is 29.9 Å². The van der Waals surface area contributed by atoms with E-state index >= 15 is 0 Å². The van der Waals surface area contributed by atoms with Gasteiger partial charge in [-0.3, -0.25) is 4.79 Å². The molecule has 0 aromatic heterocycles. The third-order valence-corrected chi connectivity index (χ3v) is 3.83. The van der Waals surface area contributed by atoms with Crippen molar-refractivity contribution in [3.63, 3.8) is 0 Å². The van der Waals surface area contributed by atoms with E-state index < -0.39 is 0 Å². The molecule has 1 aromatic carbocycles. The van der Waals surface area contributed by atoms with Gasteiger partial charge in [0.25, 0.3) is 0 Å². The molecule has 0 aliphatic carbocycles. The van der Waals surface area contributed by atoms with E-state index in [1.165, 1.54) is 11.1 Å². The minimum Gasteiger partial charge on any atom is -0.342 e. The molecule has 4 heteroatoms. The molecule has 4 nitrogen and oxygen atoms in total. The van der Waals surface area contributed by atoms with Crippen LogP contribution < -0.4 is 11.1 Å². The van der Waals surface area contributed by atoms with Crippen molar-refractivity contribution in [3.8, 4) is 0 Å². The molecule has 0 bridgehead atoms. The highest BCUT2D eigenvalue weighted by Crippen LogP contribution is 2.28. The summed E-state index contributed by atoms with van der Waals surface area (Å²) >= 11 is 0. The maximum atomic E-state index is 11.5. The number of carbonyl (C=O) groups is 1. The molecule has 0 unspecified atom stereocenters. The topological polar surface area (TPSA) is 58.4 Å². The second kappa shape index (κ2) is 6.68. The molecule has 0 radical (unpaired) electrons. The number of amides is 1. The van der Waals surface area contributed by atoms with Crippen molar-refractivity contribution in [1.82, 2.24) is 10.2 Å². The molecule has 3 N–H and O–H groups in total. The number of nitrogens with two attached hydrogens (primary N) is 1. The molecule has 0 atom stereocenters. The molecule has 1 aromatic rings. The van der Waals surface area contributed by atoms with Crippen LogP contribution >= 0.6 is 0 Å².